The summed E-state index contributed by atoms with van der Waals surface area (Å²) in [4.78, 5) is 9.00. The molecule has 1 unspecified atom stereocenters. The number of halogens is 2. The van der Waals surface area contributed by atoms with Gasteiger partial charge in [0.25, 0.3) is 0 Å². The summed E-state index contributed by atoms with van der Waals surface area (Å²) in [6, 6.07) is 0. The van der Waals surface area contributed by atoms with E-state index in [-0.39, 0.29) is 0 Å². The maximum absolute atomic E-state index is 11.1. The smallest absolute Gasteiger partial charge is 0.238 e. The van der Waals surface area contributed by atoms with E-state index < -0.39 is 12.8 Å². The van der Waals surface area contributed by atoms with E-state index in [1.807, 2.05) is 0 Å². The molecule has 0 aliphatic heterocycles. The van der Waals surface area contributed by atoms with Crippen molar-refractivity contribution >= 4 is 6.29 Å². The molecule has 1 radical (unpaired) electrons. The fourth-order valence-electron chi connectivity index (χ4n) is 0.0315. The Morgan fingerprint density at radius 2 is 2.33 bits per heavy atom. The van der Waals surface area contributed by atoms with Gasteiger partial charge < -0.3 is 0 Å². The van der Waals surface area contributed by atoms with E-state index in [0.29, 0.717) is 0 Å². The molecule has 0 saturated carbocycles. The van der Waals surface area contributed by atoms with Crippen LogP contribution in [-0.4, -0.2) is 19.1 Å². The highest BCUT2D eigenvalue weighted by Gasteiger charge is 2.00. The van der Waals surface area contributed by atoms with Gasteiger partial charge in [0.05, 0.1) is 0 Å². The van der Waals surface area contributed by atoms with Crippen LogP contribution in [0.1, 0.15) is 0 Å². The Morgan fingerprint density at radius 1 is 1.83 bits per heavy atom. The highest BCUT2D eigenvalue weighted by atomic mass is 19.2. The Morgan fingerprint density at radius 3 is 2.33 bits per heavy atom. The predicted molar refractivity (Wildman–Crippen MR) is 16.6 cm³/mol. The molecule has 0 bridgehead atoms. The summed E-state index contributed by atoms with van der Waals surface area (Å²) < 4.78 is 21.8. The maximum Gasteiger partial charge on any atom is 0.238 e. The SMILES string of the molecule is O=[C]C(F)CF. The Bertz CT molecular complexity index is 46.1. The van der Waals surface area contributed by atoms with Crippen molar-refractivity contribution in [3.05, 3.63) is 0 Å². The van der Waals surface area contributed by atoms with E-state index in [4.69, 9.17) is 4.79 Å². The quantitative estimate of drug-likeness (QED) is 0.483. The molecule has 0 aromatic heterocycles. The third kappa shape index (κ3) is 1.81. The molecule has 0 aliphatic rings. The molecule has 0 aromatic carbocycles. The molecule has 35 valence electrons. The molecule has 1 atom stereocenters. The van der Waals surface area contributed by atoms with Crippen LogP contribution in [0, 0.1) is 0 Å². The summed E-state index contributed by atoms with van der Waals surface area (Å²) in [6.07, 6.45) is -1.21. The van der Waals surface area contributed by atoms with Crippen molar-refractivity contribution in [2.75, 3.05) is 6.67 Å². The van der Waals surface area contributed by atoms with E-state index in [2.05, 4.69) is 0 Å². The monoisotopic (exact) mass is 93.0 g/mol. The molecule has 0 aliphatic carbocycles. The van der Waals surface area contributed by atoms with Crippen molar-refractivity contribution in [1.29, 1.82) is 0 Å². The molecule has 0 fully saturated rings. The lowest BCUT2D eigenvalue weighted by molar-refractivity contribution is 0.317. The van der Waals surface area contributed by atoms with Crippen molar-refractivity contribution < 1.29 is 13.6 Å². The lowest BCUT2D eigenvalue weighted by atomic mass is 10.5. The Kier molecular flexibility index (Phi) is 2.54. The van der Waals surface area contributed by atoms with Crippen LogP contribution >= 0.6 is 0 Å². The molecular weight excluding hydrogens is 90.0 g/mol. The minimum absolute atomic E-state index is 0.823. The molecule has 3 heteroatoms. The second-order valence-corrected chi connectivity index (χ2v) is 0.740. The van der Waals surface area contributed by atoms with Crippen LogP contribution in [0.3, 0.4) is 0 Å². The fourth-order valence-corrected chi connectivity index (χ4v) is 0.0315. The number of carbonyl (C=O) groups excluding carboxylic acids is 1. The van der Waals surface area contributed by atoms with E-state index >= 15 is 0 Å². The molecule has 1 nitrogen and oxygen atoms in total. The van der Waals surface area contributed by atoms with Crippen LogP contribution in [0.4, 0.5) is 8.78 Å². The lowest BCUT2D eigenvalue weighted by Crippen LogP contribution is -2.01. The fraction of sp³-hybridized carbons (Fsp3) is 0.667. The molecule has 0 heterocycles. The number of hydrogen-bond acceptors (Lipinski definition) is 1. The average Bonchev–Trinajstić information content (AvgIpc) is 1.65. The van der Waals surface area contributed by atoms with Crippen molar-refractivity contribution in [1.82, 2.24) is 0 Å². The molecule has 0 amide bonds. The van der Waals surface area contributed by atoms with Crippen molar-refractivity contribution in [2.45, 2.75) is 6.17 Å². The van der Waals surface area contributed by atoms with E-state index in [9.17, 15) is 8.78 Å². The summed E-state index contributed by atoms with van der Waals surface area (Å²) in [5.74, 6) is 0. The number of hydrogen-bond donors (Lipinski definition) is 0. The van der Waals surface area contributed by atoms with Gasteiger partial charge in [-0.05, 0) is 0 Å². The maximum atomic E-state index is 11.1. The van der Waals surface area contributed by atoms with Gasteiger partial charge in [0, 0.05) is 0 Å². The number of alkyl halides is 2. The molecule has 6 heavy (non-hydrogen) atoms. The van der Waals surface area contributed by atoms with Crippen molar-refractivity contribution in [2.24, 2.45) is 0 Å². The minimum atomic E-state index is -2.04. The molecular formula is C3H3F2O. The molecule has 0 spiro atoms. The third-order valence-corrected chi connectivity index (χ3v) is 0.263. The largest absolute Gasteiger partial charge is 0.287 e. The summed E-state index contributed by atoms with van der Waals surface area (Å²) in [7, 11) is 0. The van der Waals surface area contributed by atoms with E-state index in [1.165, 1.54) is 0 Å². The first-order chi connectivity index (χ1) is 2.81. The molecule has 0 aromatic rings. The van der Waals surface area contributed by atoms with Gasteiger partial charge in [0.15, 0.2) is 6.17 Å². The summed E-state index contributed by atoms with van der Waals surface area (Å²) >= 11 is 0. The Hall–Kier alpha value is -0.470. The van der Waals surface area contributed by atoms with Crippen LogP contribution < -0.4 is 0 Å². The molecule has 0 rings (SSSR count). The Balaban J connectivity index is 2.96. The van der Waals surface area contributed by atoms with Gasteiger partial charge >= 0.3 is 0 Å². The summed E-state index contributed by atoms with van der Waals surface area (Å²) in [5, 5.41) is 0. The zero-order chi connectivity index (χ0) is 4.99. The zero-order valence-corrected chi connectivity index (χ0v) is 2.95. The van der Waals surface area contributed by atoms with Gasteiger partial charge in [0.1, 0.15) is 6.67 Å². The van der Waals surface area contributed by atoms with Crippen LogP contribution in [0.15, 0.2) is 0 Å². The Labute approximate surface area is 34.0 Å². The van der Waals surface area contributed by atoms with Gasteiger partial charge in [-0.25, -0.2) is 8.78 Å². The first-order valence-corrected chi connectivity index (χ1v) is 1.39. The van der Waals surface area contributed by atoms with Crippen molar-refractivity contribution in [3.8, 4) is 0 Å². The van der Waals surface area contributed by atoms with E-state index in [0.717, 1.165) is 6.29 Å². The van der Waals surface area contributed by atoms with Crippen LogP contribution in [0.2, 0.25) is 0 Å². The highest BCUT2D eigenvalue weighted by molar-refractivity contribution is 5.56. The molecule has 0 saturated heterocycles. The van der Waals surface area contributed by atoms with E-state index in [1.54, 1.807) is 0 Å². The lowest BCUT2D eigenvalue weighted by Gasteiger charge is -1.80. The average molecular weight is 93.1 g/mol. The molecule has 0 N–H and O–H groups in total. The third-order valence-electron chi connectivity index (χ3n) is 0.263. The van der Waals surface area contributed by atoms with Gasteiger partial charge in [-0.1, -0.05) is 0 Å². The second-order valence-electron chi connectivity index (χ2n) is 0.740. The normalized spacial score (nSPS) is 13.7. The predicted octanol–water partition coefficient (Wildman–Crippen LogP) is 0.404. The topological polar surface area (TPSA) is 17.1 Å². The summed E-state index contributed by atoms with van der Waals surface area (Å²) in [5.41, 5.74) is 0. The highest BCUT2D eigenvalue weighted by Crippen LogP contribution is 1.82. The van der Waals surface area contributed by atoms with Crippen molar-refractivity contribution in [3.63, 3.8) is 0 Å². The number of rotatable bonds is 2. The summed E-state index contributed by atoms with van der Waals surface area (Å²) in [6.45, 7) is -1.26. The first-order valence-electron chi connectivity index (χ1n) is 1.39. The first kappa shape index (κ1) is 5.53. The van der Waals surface area contributed by atoms with Gasteiger partial charge in [-0.15, -0.1) is 0 Å². The standard InChI is InChI=1S/C3H3F2O/c4-1-3(5)2-6/h3H,1H2. The van der Waals surface area contributed by atoms with Gasteiger partial charge in [-0.2, -0.15) is 0 Å². The van der Waals surface area contributed by atoms with Crippen LogP contribution in [0.5, 0.6) is 0 Å². The van der Waals surface area contributed by atoms with Gasteiger partial charge in [0.2, 0.25) is 6.29 Å². The zero-order valence-electron chi connectivity index (χ0n) is 2.95. The van der Waals surface area contributed by atoms with Gasteiger partial charge in [-0.3, -0.25) is 4.79 Å². The van der Waals surface area contributed by atoms with Crippen LogP contribution in [-0.2, 0) is 4.79 Å². The van der Waals surface area contributed by atoms with Crippen LogP contribution in [0.25, 0.3) is 0 Å². The second kappa shape index (κ2) is 2.75. The minimum Gasteiger partial charge on any atom is -0.287 e.